The zero-order chi connectivity index (χ0) is 7.49. The van der Waals surface area contributed by atoms with E-state index in [9.17, 15) is 4.79 Å². The van der Waals surface area contributed by atoms with Crippen LogP contribution in [0.5, 0.6) is 0 Å². The van der Waals surface area contributed by atoms with Crippen LogP contribution in [-0.4, -0.2) is 11.4 Å². The number of carbonyl (C=O) groups excluding carboxylic acids is 1. The van der Waals surface area contributed by atoms with Gasteiger partial charge in [0.25, 0.3) is 0 Å². The Morgan fingerprint density at radius 1 is 1.44 bits per heavy atom. The molecule has 1 nitrogen and oxygen atoms in total. The van der Waals surface area contributed by atoms with Crippen molar-refractivity contribution in [3.8, 4) is 0 Å². The lowest BCUT2D eigenvalue weighted by Gasteiger charge is -2.15. The van der Waals surface area contributed by atoms with Crippen LogP contribution >= 0.6 is 11.8 Å². The van der Waals surface area contributed by atoms with Crippen molar-refractivity contribution in [2.75, 3.05) is 6.26 Å². The molecule has 0 aromatic rings. The Balaban J connectivity index is 3.60. The van der Waals surface area contributed by atoms with Crippen LogP contribution in [-0.2, 0) is 4.79 Å². The average molecular weight is 146 g/mol. The van der Waals surface area contributed by atoms with E-state index in [1.807, 2.05) is 6.26 Å². The molecule has 0 aromatic heterocycles. The first-order valence-corrected chi connectivity index (χ1v) is 4.25. The van der Waals surface area contributed by atoms with Crippen molar-refractivity contribution >= 4 is 16.9 Å². The Morgan fingerprint density at radius 2 is 1.89 bits per heavy atom. The molecule has 0 rings (SSSR count). The molecule has 0 aliphatic carbocycles. The first kappa shape index (κ1) is 9.02. The van der Waals surface area contributed by atoms with Gasteiger partial charge in [-0.1, -0.05) is 32.5 Å². The quantitative estimate of drug-likeness (QED) is 0.564. The van der Waals surface area contributed by atoms with E-state index in [1.165, 1.54) is 11.8 Å². The highest BCUT2D eigenvalue weighted by atomic mass is 32.2. The summed E-state index contributed by atoms with van der Waals surface area (Å²) in [5.41, 5.74) is 0.153. The topological polar surface area (TPSA) is 17.1 Å². The first-order chi connectivity index (χ1) is 3.95. The fourth-order valence-corrected chi connectivity index (χ4v) is 1.08. The highest BCUT2D eigenvalue weighted by molar-refractivity contribution is 8.13. The molecule has 0 aromatic carbocycles. The Hall–Kier alpha value is 0.0200. The SMILES string of the molecule is CSC(=O)CC(C)(C)C. The van der Waals surface area contributed by atoms with Gasteiger partial charge in [-0.05, 0) is 11.7 Å². The van der Waals surface area contributed by atoms with E-state index in [-0.39, 0.29) is 10.5 Å². The fourth-order valence-electron chi connectivity index (χ4n) is 0.505. The molecule has 0 N–H and O–H groups in total. The van der Waals surface area contributed by atoms with Crippen molar-refractivity contribution in [1.29, 1.82) is 0 Å². The molecule has 0 unspecified atom stereocenters. The number of rotatable bonds is 1. The second-order valence-corrected chi connectivity index (χ2v) is 4.18. The number of hydrogen-bond acceptors (Lipinski definition) is 2. The van der Waals surface area contributed by atoms with Gasteiger partial charge >= 0.3 is 0 Å². The van der Waals surface area contributed by atoms with Gasteiger partial charge in [-0.2, -0.15) is 0 Å². The molecule has 0 bridgehead atoms. The van der Waals surface area contributed by atoms with E-state index < -0.39 is 0 Å². The van der Waals surface area contributed by atoms with Crippen molar-refractivity contribution in [3.63, 3.8) is 0 Å². The molecule has 0 heterocycles. The van der Waals surface area contributed by atoms with E-state index >= 15 is 0 Å². The summed E-state index contributed by atoms with van der Waals surface area (Å²) in [6.45, 7) is 6.21. The summed E-state index contributed by atoms with van der Waals surface area (Å²) >= 11 is 1.31. The Morgan fingerprint density at radius 3 is 2.00 bits per heavy atom. The summed E-state index contributed by atoms with van der Waals surface area (Å²) in [5, 5.41) is 0.280. The predicted octanol–water partition coefficient (Wildman–Crippen LogP) is 2.31. The lowest BCUT2D eigenvalue weighted by Crippen LogP contribution is -2.09. The maximum absolute atomic E-state index is 10.8. The lowest BCUT2D eigenvalue weighted by atomic mass is 9.93. The Labute approximate surface area is 61.2 Å². The molecular formula is C7H14OS. The molecule has 0 fully saturated rings. The smallest absolute Gasteiger partial charge is 0.189 e. The van der Waals surface area contributed by atoms with Crippen LogP contribution in [0, 0.1) is 5.41 Å². The van der Waals surface area contributed by atoms with Crippen molar-refractivity contribution in [1.82, 2.24) is 0 Å². The van der Waals surface area contributed by atoms with Gasteiger partial charge in [0.1, 0.15) is 0 Å². The van der Waals surface area contributed by atoms with Gasteiger partial charge in [-0.25, -0.2) is 0 Å². The molecule has 0 saturated carbocycles. The third kappa shape index (κ3) is 5.90. The summed E-state index contributed by atoms with van der Waals surface area (Å²) in [6.07, 6.45) is 2.50. The summed E-state index contributed by atoms with van der Waals surface area (Å²) in [7, 11) is 0. The maximum atomic E-state index is 10.8. The van der Waals surface area contributed by atoms with Gasteiger partial charge in [0.2, 0.25) is 0 Å². The highest BCUT2D eigenvalue weighted by Gasteiger charge is 2.14. The summed E-state index contributed by atoms with van der Waals surface area (Å²) in [4.78, 5) is 10.8. The third-order valence-corrected chi connectivity index (χ3v) is 1.50. The standard InChI is InChI=1S/C7H14OS/c1-7(2,3)5-6(8)9-4/h5H2,1-4H3. The summed E-state index contributed by atoms with van der Waals surface area (Å²) < 4.78 is 0. The van der Waals surface area contributed by atoms with Crippen LogP contribution in [0.1, 0.15) is 27.2 Å². The number of hydrogen-bond donors (Lipinski definition) is 0. The fraction of sp³-hybridized carbons (Fsp3) is 0.857. The largest absolute Gasteiger partial charge is 0.287 e. The van der Waals surface area contributed by atoms with E-state index in [1.54, 1.807) is 0 Å². The zero-order valence-corrected chi connectivity index (χ0v) is 7.34. The second-order valence-electron chi connectivity index (χ2n) is 3.31. The molecule has 0 spiro atoms. The molecule has 0 radical (unpaired) electrons. The number of thioether (sulfide) groups is 1. The van der Waals surface area contributed by atoms with Crippen LogP contribution in [0.3, 0.4) is 0 Å². The van der Waals surface area contributed by atoms with Crippen LogP contribution in [0.25, 0.3) is 0 Å². The molecule has 0 saturated heterocycles. The van der Waals surface area contributed by atoms with Gasteiger partial charge in [0, 0.05) is 6.42 Å². The molecular weight excluding hydrogens is 132 g/mol. The maximum Gasteiger partial charge on any atom is 0.189 e. The van der Waals surface area contributed by atoms with Crippen molar-refractivity contribution < 1.29 is 4.79 Å². The van der Waals surface area contributed by atoms with E-state index in [4.69, 9.17) is 0 Å². The van der Waals surface area contributed by atoms with Gasteiger partial charge in [-0.3, -0.25) is 4.79 Å². The molecule has 2 heteroatoms. The van der Waals surface area contributed by atoms with E-state index in [0.29, 0.717) is 6.42 Å². The van der Waals surface area contributed by atoms with Crippen molar-refractivity contribution in [2.45, 2.75) is 27.2 Å². The Kier molecular flexibility index (Phi) is 3.26. The summed E-state index contributed by atoms with van der Waals surface area (Å²) in [5.74, 6) is 0. The molecule has 0 aliphatic rings. The minimum atomic E-state index is 0.153. The van der Waals surface area contributed by atoms with Gasteiger partial charge in [0.15, 0.2) is 5.12 Å². The first-order valence-electron chi connectivity index (χ1n) is 3.02. The van der Waals surface area contributed by atoms with E-state index in [0.717, 1.165) is 0 Å². The summed E-state index contributed by atoms with van der Waals surface area (Å²) in [6, 6.07) is 0. The van der Waals surface area contributed by atoms with Crippen molar-refractivity contribution in [3.05, 3.63) is 0 Å². The molecule has 9 heavy (non-hydrogen) atoms. The third-order valence-electron chi connectivity index (χ3n) is 0.902. The molecule has 54 valence electrons. The lowest BCUT2D eigenvalue weighted by molar-refractivity contribution is -0.112. The van der Waals surface area contributed by atoms with E-state index in [2.05, 4.69) is 20.8 Å². The Bertz CT molecular complexity index is 102. The predicted molar refractivity (Wildman–Crippen MR) is 42.6 cm³/mol. The van der Waals surface area contributed by atoms with Crippen LogP contribution in [0.4, 0.5) is 0 Å². The highest BCUT2D eigenvalue weighted by Crippen LogP contribution is 2.21. The monoisotopic (exact) mass is 146 g/mol. The average Bonchev–Trinajstić information content (AvgIpc) is 1.62. The number of carbonyl (C=O) groups is 1. The normalized spacial score (nSPS) is 11.6. The van der Waals surface area contributed by atoms with Gasteiger partial charge in [-0.15, -0.1) is 0 Å². The van der Waals surface area contributed by atoms with Gasteiger partial charge in [0.05, 0.1) is 0 Å². The minimum absolute atomic E-state index is 0.153. The molecule has 0 aliphatic heterocycles. The van der Waals surface area contributed by atoms with Crippen LogP contribution in [0.15, 0.2) is 0 Å². The zero-order valence-electron chi connectivity index (χ0n) is 6.52. The van der Waals surface area contributed by atoms with Crippen molar-refractivity contribution in [2.24, 2.45) is 5.41 Å². The molecule has 0 amide bonds. The van der Waals surface area contributed by atoms with Gasteiger partial charge < -0.3 is 0 Å². The van der Waals surface area contributed by atoms with Crippen LogP contribution in [0.2, 0.25) is 0 Å². The van der Waals surface area contributed by atoms with Crippen LogP contribution < -0.4 is 0 Å². The second kappa shape index (κ2) is 3.25. The molecule has 0 atom stereocenters. The minimum Gasteiger partial charge on any atom is -0.287 e.